The molecule has 3 saturated carbocycles. The summed E-state index contributed by atoms with van der Waals surface area (Å²) >= 11 is 6.51. The van der Waals surface area contributed by atoms with Crippen LogP contribution < -0.4 is 40.4 Å². The Hall–Kier alpha value is -7.74. The maximum Gasteiger partial charge on any atom is 0.419 e. The van der Waals surface area contributed by atoms with E-state index in [0.717, 1.165) is 178 Å². The molecule has 6 aliphatic rings. The predicted octanol–water partition coefficient (Wildman–Crippen LogP) is 15.7. The highest BCUT2D eigenvalue weighted by molar-refractivity contribution is 7.97. The number of anilines is 8. The van der Waals surface area contributed by atoms with Crippen LogP contribution in [0.2, 0.25) is 5.02 Å². The Kier molecular flexibility index (Phi) is 33.9. The van der Waals surface area contributed by atoms with Crippen LogP contribution in [0.3, 0.4) is 0 Å². The van der Waals surface area contributed by atoms with E-state index < -0.39 is 52.9 Å². The van der Waals surface area contributed by atoms with E-state index in [9.17, 15) is 52.8 Å². The Bertz CT molecular complexity index is 5050. The van der Waals surface area contributed by atoms with E-state index in [4.69, 9.17) is 30.8 Å². The van der Waals surface area contributed by atoms with E-state index in [2.05, 4.69) is 105 Å². The summed E-state index contributed by atoms with van der Waals surface area (Å²) in [4.78, 5) is 61.1. The van der Waals surface area contributed by atoms with E-state index in [-0.39, 0.29) is 95.2 Å². The normalized spacial score (nSPS) is 21.7. The van der Waals surface area contributed by atoms with Crippen LogP contribution in [0.25, 0.3) is 0 Å². The maximum atomic E-state index is 14.1. The molecule has 3 aliphatic carbocycles. The number of nitrogens with one attached hydrogen (secondary N) is 4. The van der Waals surface area contributed by atoms with Gasteiger partial charge in [0.1, 0.15) is 17.2 Å². The van der Waals surface area contributed by atoms with Crippen LogP contribution in [0, 0.1) is 43.4 Å². The third-order valence-corrected chi connectivity index (χ3v) is 30.4. The Morgan fingerprint density at radius 2 is 0.936 bits per heavy atom. The number of hydrogen-bond acceptors (Lipinski definition) is 22. The quantitative estimate of drug-likeness (QED) is 0.0212. The molecule has 3 aliphatic heterocycles. The number of amides is 1. The van der Waals surface area contributed by atoms with Crippen LogP contribution in [0.15, 0.2) is 61.1 Å². The third-order valence-electron chi connectivity index (χ3n) is 25.8. The molecule has 3 saturated heterocycles. The minimum Gasteiger partial charge on any atom is -0.495 e. The summed E-state index contributed by atoms with van der Waals surface area (Å²) in [5.41, 5.74) is 4.77. The van der Waals surface area contributed by atoms with Crippen LogP contribution in [-0.4, -0.2) is 249 Å². The molecule has 12 rings (SSSR count). The van der Waals surface area contributed by atoms with Gasteiger partial charge in [-0.3, -0.25) is 22.9 Å². The van der Waals surface area contributed by atoms with E-state index in [1.54, 1.807) is 86.9 Å². The molecule has 125 heavy (non-hydrogen) atoms. The lowest BCUT2D eigenvalue weighted by Crippen LogP contribution is -2.53. The van der Waals surface area contributed by atoms with Crippen molar-refractivity contribution in [2.45, 2.75) is 199 Å². The second-order valence-electron chi connectivity index (χ2n) is 35.9. The number of aromatic nitrogens is 6. The number of rotatable bonds is 27. The van der Waals surface area contributed by atoms with Crippen LogP contribution in [0.1, 0.15) is 180 Å². The number of methoxy groups -OCH3 is 3. The van der Waals surface area contributed by atoms with Crippen LogP contribution in [-0.2, 0) is 65.8 Å². The van der Waals surface area contributed by atoms with Gasteiger partial charge >= 0.3 is 12.4 Å². The van der Waals surface area contributed by atoms with Crippen molar-refractivity contribution in [1.82, 2.24) is 57.5 Å². The first kappa shape index (κ1) is 99.4. The molecule has 26 nitrogen and oxygen atoms in total. The van der Waals surface area contributed by atoms with Gasteiger partial charge in [0.25, 0.3) is 0 Å². The molecule has 0 radical (unpaired) electrons. The zero-order chi connectivity index (χ0) is 91.4. The fourth-order valence-corrected chi connectivity index (χ4v) is 20.8. The van der Waals surface area contributed by atoms with Gasteiger partial charge in [0.2, 0.25) is 33.8 Å². The second kappa shape index (κ2) is 42.7. The molecule has 36 heteroatoms. The van der Waals surface area contributed by atoms with Gasteiger partial charge in [-0.2, -0.15) is 26.3 Å². The molecule has 2 unspecified atom stereocenters. The Labute approximate surface area is 741 Å². The summed E-state index contributed by atoms with van der Waals surface area (Å²) in [6.45, 7) is 18.1. The molecule has 3 aromatic heterocycles. The summed E-state index contributed by atoms with van der Waals surface area (Å²) in [6, 6.07) is 12.2. The minimum atomic E-state index is -4.63. The fraction of sp³-hybridized carbons (Fsp3) is 0.618. The number of carbonyl (C=O) groups excluding carboxylic acids is 2. The largest absolute Gasteiger partial charge is 0.495 e. The molecule has 0 spiro atoms. The Balaban J connectivity index is 0.000000196. The smallest absolute Gasteiger partial charge is 0.419 e. The lowest BCUT2D eigenvalue weighted by molar-refractivity contribution is -0.139. The highest BCUT2D eigenvalue weighted by Gasteiger charge is 2.42. The van der Waals surface area contributed by atoms with Gasteiger partial charge in [0.15, 0.2) is 5.78 Å². The summed E-state index contributed by atoms with van der Waals surface area (Å²) in [5, 5.41) is 12.8. The van der Waals surface area contributed by atoms with E-state index in [1.165, 1.54) is 17.7 Å². The number of carbonyl (C=O) groups is 2. The van der Waals surface area contributed by atoms with Crippen LogP contribution in [0.5, 0.6) is 17.2 Å². The number of piperazine rings is 1. The SMILES string of the molecule is C=S(C)(=O)N(C)[C@@H]1CCCC[C@H]1Cc1nc(Nc2cc(C)c(N3CCN(C(C)(C)C)CC3)cc2OC)ncc1C(F)(F)F.C=S(C)(=O)N(C)[C@@H]1CCCC[C@H]1Cc1nc(Nc2ccc(NC(=O)C3CCN(C)CC3)cc2OC)ncc1C(F)(F)F.COc1cc(C(=O)CC2CCN(C)CC2)c(C)cc1Nc1ncc(Cl)c(C[C@@H]2CCCC[C@H]2N(C)S(C)(=O)=O)n1. The molecule has 0 bridgehead atoms. The molecule has 6 heterocycles. The molecule has 1 amide bonds. The number of aryl methyl sites for hydroxylation is 2. The Morgan fingerprint density at radius 1 is 0.528 bits per heavy atom. The van der Waals surface area contributed by atoms with Crippen molar-refractivity contribution >= 4 is 111 Å². The van der Waals surface area contributed by atoms with Crippen molar-refractivity contribution in [3.8, 4) is 17.2 Å². The van der Waals surface area contributed by atoms with Gasteiger partial charge in [-0.05, 0) is 249 Å². The van der Waals surface area contributed by atoms with Gasteiger partial charge in [-0.25, -0.2) is 51.2 Å². The number of nitrogens with zero attached hydrogens (tertiary/aromatic N) is 13. The zero-order valence-electron chi connectivity index (χ0n) is 75.5. The molecular formula is C89H130ClF6N17O9S3. The number of ketones is 1. The predicted molar refractivity (Wildman–Crippen MR) is 490 cm³/mol. The van der Waals surface area contributed by atoms with Gasteiger partial charge < -0.3 is 50.2 Å². The number of piperidine rings is 2. The minimum absolute atomic E-state index is 0.00317. The van der Waals surface area contributed by atoms with Crippen molar-refractivity contribution in [2.24, 2.45) is 29.6 Å². The van der Waals surface area contributed by atoms with Crippen LogP contribution in [0.4, 0.5) is 72.6 Å². The number of likely N-dealkylation sites (tertiary alicyclic amines) is 2. The van der Waals surface area contributed by atoms with Gasteiger partial charge in [0.05, 0.1) is 84.1 Å². The molecule has 4 N–H and O–H groups in total. The monoisotopic (exact) mass is 1830 g/mol. The van der Waals surface area contributed by atoms with Crippen molar-refractivity contribution in [3.63, 3.8) is 0 Å². The lowest BCUT2D eigenvalue weighted by atomic mass is 9.81. The van der Waals surface area contributed by atoms with Gasteiger partial charge in [-0.15, -0.1) is 0 Å². The summed E-state index contributed by atoms with van der Waals surface area (Å²) in [7, 11) is 5.58. The summed E-state index contributed by atoms with van der Waals surface area (Å²) in [5.74, 6) is 9.73. The Morgan fingerprint density at radius 3 is 1.38 bits per heavy atom. The lowest BCUT2D eigenvalue weighted by Gasteiger charge is -2.43. The fourth-order valence-electron chi connectivity index (χ4n) is 18.2. The van der Waals surface area contributed by atoms with E-state index in [0.29, 0.717) is 87.4 Å². The summed E-state index contributed by atoms with van der Waals surface area (Å²) in [6.07, 6.45) is 13.7. The number of ether oxygens (including phenoxy) is 3. The van der Waals surface area contributed by atoms with Crippen molar-refractivity contribution in [3.05, 3.63) is 111 Å². The number of alkyl halides is 6. The first-order valence-corrected chi connectivity index (χ1v) is 49.6. The van der Waals surface area contributed by atoms with Crippen molar-refractivity contribution in [2.75, 3.05) is 154 Å². The average Bonchev–Trinajstić information content (AvgIpc) is 0.796. The van der Waals surface area contributed by atoms with E-state index >= 15 is 0 Å². The molecule has 6 aromatic rings. The maximum absolute atomic E-state index is 14.1. The third kappa shape index (κ3) is 27.0. The standard InChI is InChI=1S/C31H47F3N6O2S.C29H42ClN5O4S.C29H41F3N6O3S/c1-21-17-25(28(42-6)19-27(21)39-13-15-40(16-14-39)30(2,3)4)37-29-35-20-23(31(32,33)34)24(36-29)18-22-11-9-10-12-26(22)38(5)43(7,8)41;1-19-14-25(28(39-4)17-22(19)27(36)15-20-10-12-34(2)13-11-20)33-29-31-18-23(30)24(32-29)16-21-8-6-7-9-26(21)35(3)40(5,37)38;1-37-14-12-19(13-15-37)27(39)34-21-10-11-23(26(17-21)41-3)35-28-33-18-22(29(30,31)32)24(36-28)16-20-8-6-7-9-25(20)38(2)42(4,5)40/h17,19-20,22,26H,7,9-16,18H2,1-6,8H3,(H,35,36,37);14,17-18,20-21,26H,6-13,15-16H2,1-5H3,(H,31,32,33);10-11,17-20,25H,4,6-9,12-16H2,1-3,5H3,(H,34,39)(H,33,35,36)/t22-,26+,43?;21-,26+;20-,25+,42?/m000/s1. The number of hydrogen-bond donors (Lipinski definition) is 4. The highest BCUT2D eigenvalue weighted by Crippen LogP contribution is 2.43. The first-order chi connectivity index (χ1) is 58.7. The zero-order valence-corrected chi connectivity index (χ0v) is 78.7. The molecule has 692 valence electrons. The molecular weight excluding hydrogens is 1700 g/mol. The summed E-state index contributed by atoms with van der Waals surface area (Å²) < 4.78 is 156. The highest BCUT2D eigenvalue weighted by atomic mass is 35.5. The van der Waals surface area contributed by atoms with E-state index in [1.807, 2.05) is 39.1 Å². The second-order valence-corrected chi connectivity index (χ2v) is 43.4. The average molecular weight is 1830 g/mol. The molecule has 3 aromatic carbocycles. The number of sulfonamides is 1. The number of Topliss-reactive ketones (excluding diaryl/α,β-unsaturated/α-hetero) is 1. The number of benzene rings is 3. The van der Waals surface area contributed by atoms with Gasteiger partial charge in [-0.1, -0.05) is 50.1 Å². The van der Waals surface area contributed by atoms with Crippen LogP contribution >= 0.6 is 11.6 Å². The number of halogens is 7. The molecule has 6 fully saturated rings. The molecule has 8 atom stereocenters. The van der Waals surface area contributed by atoms with Crippen molar-refractivity contribution < 1.29 is 67.0 Å². The van der Waals surface area contributed by atoms with Crippen molar-refractivity contribution in [1.29, 1.82) is 0 Å². The first-order valence-electron chi connectivity index (χ1n) is 43.2. The topological polar surface area (TPSA) is 278 Å². The van der Waals surface area contributed by atoms with Gasteiger partial charge in [0, 0.05) is 143 Å².